The predicted octanol–water partition coefficient (Wildman–Crippen LogP) is 1.71. The number of ether oxygens (including phenoxy) is 1. The molecule has 0 bridgehead atoms. The highest BCUT2D eigenvalue weighted by atomic mass is 32.2. The third-order valence-corrected chi connectivity index (χ3v) is 5.54. The highest BCUT2D eigenvalue weighted by Crippen LogP contribution is 2.27. The average Bonchev–Trinajstić information content (AvgIpc) is 2.46. The Hall–Kier alpha value is -1.84. The molecule has 1 aliphatic heterocycles. The van der Waals surface area contributed by atoms with Gasteiger partial charge in [0.2, 0.25) is 10.0 Å². The summed E-state index contributed by atoms with van der Waals surface area (Å²) in [5.74, 6) is 2.01. The maximum absolute atomic E-state index is 12.8. The summed E-state index contributed by atoms with van der Waals surface area (Å²) >= 11 is 0. The molecule has 2 atom stereocenters. The van der Waals surface area contributed by atoms with E-state index in [1.54, 1.807) is 24.3 Å². The minimum atomic E-state index is -3.71. The van der Waals surface area contributed by atoms with Gasteiger partial charge in [0.05, 0.1) is 4.90 Å². The lowest BCUT2D eigenvalue weighted by atomic mass is 10.0. The first-order chi connectivity index (χ1) is 10.4. The van der Waals surface area contributed by atoms with E-state index in [0.717, 1.165) is 5.56 Å². The van der Waals surface area contributed by atoms with Crippen LogP contribution in [0.1, 0.15) is 25.3 Å². The Kier molecular flexibility index (Phi) is 4.89. The van der Waals surface area contributed by atoms with Crippen LogP contribution in [-0.4, -0.2) is 37.4 Å². The number of carbonyl (C=O) groups excluding carboxylic acids is 1. The molecule has 1 aromatic rings. The van der Waals surface area contributed by atoms with Crippen molar-refractivity contribution in [1.29, 1.82) is 0 Å². The number of nitrogens with zero attached hydrogens (tertiary/aromatic N) is 1. The first kappa shape index (κ1) is 16.5. The van der Waals surface area contributed by atoms with E-state index in [9.17, 15) is 13.2 Å². The molecular formula is C16H19NO4S. The molecule has 118 valence electrons. The van der Waals surface area contributed by atoms with Gasteiger partial charge in [-0.1, -0.05) is 23.6 Å². The number of sulfonamides is 1. The van der Waals surface area contributed by atoms with Gasteiger partial charge in [-0.05, 0) is 31.9 Å². The molecule has 0 saturated carbocycles. The zero-order valence-electron chi connectivity index (χ0n) is 12.7. The standard InChI is InChI=1S/C16H19NO4S/c1-4-15-16(21-13(3)18)6-5-11-17(15)22(19,20)14-9-7-12(2)8-10-14/h1,7-10,15-16H,5-6,11H2,2-3H3/t15-,16-/m1/s1. The van der Waals surface area contributed by atoms with E-state index in [0.29, 0.717) is 19.4 Å². The lowest BCUT2D eigenvalue weighted by Crippen LogP contribution is -2.51. The molecule has 0 unspecified atom stereocenters. The SMILES string of the molecule is C#C[C@@H]1[C@H](OC(C)=O)CCCN1S(=O)(=O)c1ccc(C)cc1. The molecule has 0 N–H and O–H groups in total. The summed E-state index contributed by atoms with van der Waals surface area (Å²) < 4.78 is 32.0. The number of benzene rings is 1. The van der Waals surface area contributed by atoms with Crippen LogP contribution in [0.5, 0.6) is 0 Å². The fourth-order valence-electron chi connectivity index (χ4n) is 2.57. The van der Waals surface area contributed by atoms with Gasteiger partial charge in [0, 0.05) is 13.5 Å². The van der Waals surface area contributed by atoms with E-state index in [1.807, 2.05) is 6.92 Å². The number of aryl methyl sites for hydroxylation is 1. The number of piperidine rings is 1. The van der Waals surface area contributed by atoms with Crippen LogP contribution < -0.4 is 0 Å². The summed E-state index contributed by atoms with van der Waals surface area (Å²) in [6.07, 6.45) is 6.07. The van der Waals surface area contributed by atoms with Gasteiger partial charge < -0.3 is 4.74 Å². The van der Waals surface area contributed by atoms with Gasteiger partial charge in [0.25, 0.3) is 0 Å². The normalized spacial score (nSPS) is 22.8. The summed E-state index contributed by atoms with van der Waals surface area (Å²) in [5, 5.41) is 0. The Morgan fingerprint density at radius 1 is 1.36 bits per heavy atom. The molecule has 1 aromatic carbocycles. The van der Waals surface area contributed by atoms with Crippen molar-refractivity contribution in [3.8, 4) is 12.3 Å². The Balaban J connectivity index is 2.34. The van der Waals surface area contributed by atoms with Gasteiger partial charge >= 0.3 is 5.97 Å². The zero-order chi connectivity index (χ0) is 16.3. The van der Waals surface area contributed by atoms with E-state index >= 15 is 0 Å². The zero-order valence-corrected chi connectivity index (χ0v) is 13.5. The van der Waals surface area contributed by atoms with Gasteiger partial charge in [-0.15, -0.1) is 6.42 Å². The number of rotatable bonds is 3. The second-order valence-electron chi connectivity index (χ2n) is 5.33. The highest BCUT2D eigenvalue weighted by molar-refractivity contribution is 7.89. The molecule has 0 radical (unpaired) electrons. The van der Waals surface area contributed by atoms with E-state index in [-0.39, 0.29) is 4.90 Å². The molecule has 22 heavy (non-hydrogen) atoms. The molecule has 0 spiro atoms. The van der Waals surface area contributed by atoms with Crippen LogP contribution >= 0.6 is 0 Å². The summed E-state index contributed by atoms with van der Waals surface area (Å²) in [7, 11) is -3.71. The van der Waals surface area contributed by atoms with Crippen LogP contribution in [0.4, 0.5) is 0 Å². The summed E-state index contributed by atoms with van der Waals surface area (Å²) in [5.41, 5.74) is 0.976. The molecule has 5 nitrogen and oxygen atoms in total. The Labute approximate surface area is 131 Å². The molecule has 0 aliphatic carbocycles. The van der Waals surface area contributed by atoms with Crippen LogP contribution in [0.2, 0.25) is 0 Å². The van der Waals surface area contributed by atoms with Gasteiger partial charge in [-0.2, -0.15) is 4.31 Å². The molecule has 2 rings (SSSR count). The molecule has 1 heterocycles. The Bertz CT molecular complexity index is 688. The van der Waals surface area contributed by atoms with Crippen molar-refractivity contribution in [3.63, 3.8) is 0 Å². The van der Waals surface area contributed by atoms with Crippen molar-refractivity contribution in [2.24, 2.45) is 0 Å². The quantitative estimate of drug-likeness (QED) is 0.628. The largest absolute Gasteiger partial charge is 0.460 e. The van der Waals surface area contributed by atoms with Crippen LogP contribution in [0.25, 0.3) is 0 Å². The highest BCUT2D eigenvalue weighted by Gasteiger charge is 2.39. The van der Waals surface area contributed by atoms with E-state index in [2.05, 4.69) is 5.92 Å². The number of hydrogen-bond donors (Lipinski definition) is 0. The molecule has 1 fully saturated rings. The van der Waals surface area contributed by atoms with Crippen LogP contribution in [0.15, 0.2) is 29.2 Å². The van der Waals surface area contributed by atoms with E-state index in [4.69, 9.17) is 11.2 Å². The molecule has 1 aliphatic rings. The molecular weight excluding hydrogens is 302 g/mol. The summed E-state index contributed by atoms with van der Waals surface area (Å²) in [6.45, 7) is 3.50. The second-order valence-corrected chi connectivity index (χ2v) is 7.22. The molecule has 6 heteroatoms. The van der Waals surface area contributed by atoms with Crippen molar-refractivity contribution < 1.29 is 17.9 Å². The fraction of sp³-hybridized carbons (Fsp3) is 0.438. The number of carbonyl (C=O) groups is 1. The molecule has 1 saturated heterocycles. The minimum absolute atomic E-state index is 0.196. The van der Waals surface area contributed by atoms with Crippen molar-refractivity contribution in [3.05, 3.63) is 29.8 Å². The number of terminal acetylenes is 1. The number of hydrogen-bond acceptors (Lipinski definition) is 4. The topological polar surface area (TPSA) is 63.7 Å². The van der Waals surface area contributed by atoms with E-state index < -0.39 is 28.1 Å². The Morgan fingerprint density at radius 3 is 2.55 bits per heavy atom. The van der Waals surface area contributed by atoms with Crippen LogP contribution in [-0.2, 0) is 19.6 Å². The third kappa shape index (κ3) is 3.32. The van der Waals surface area contributed by atoms with Gasteiger partial charge in [0.15, 0.2) is 0 Å². The summed E-state index contributed by atoms with van der Waals surface area (Å²) in [4.78, 5) is 11.4. The first-order valence-corrected chi connectivity index (χ1v) is 8.52. The van der Waals surface area contributed by atoms with Crippen molar-refractivity contribution in [1.82, 2.24) is 4.31 Å². The monoisotopic (exact) mass is 321 g/mol. The fourth-order valence-corrected chi connectivity index (χ4v) is 4.19. The second kappa shape index (κ2) is 6.51. The maximum Gasteiger partial charge on any atom is 0.302 e. The third-order valence-electron chi connectivity index (χ3n) is 3.65. The lowest BCUT2D eigenvalue weighted by molar-refractivity contribution is -0.149. The minimum Gasteiger partial charge on any atom is -0.460 e. The number of esters is 1. The van der Waals surface area contributed by atoms with Crippen LogP contribution in [0.3, 0.4) is 0 Å². The van der Waals surface area contributed by atoms with Gasteiger partial charge in [-0.25, -0.2) is 8.42 Å². The summed E-state index contributed by atoms with van der Waals surface area (Å²) in [6, 6.07) is 5.83. The van der Waals surface area contributed by atoms with Crippen molar-refractivity contribution >= 4 is 16.0 Å². The molecule has 0 amide bonds. The van der Waals surface area contributed by atoms with Crippen molar-refractivity contribution in [2.45, 2.75) is 43.7 Å². The lowest BCUT2D eigenvalue weighted by Gasteiger charge is -2.36. The van der Waals surface area contributed by atoms with Crippen LogP contribution in [0, 0.1) is 19.3 Å². The van der Waals surface area contributed by atoms with Gasteiger partial charge in [0.1, 0.15) is 12.1 Å². The Morgan fingerprint density at radius 2 is 2.00 bits per heavy atom. The van der Waals surface area contributed by atoms with E-state index in [1.165, 1.54) is 11.2 Å². The average molecular weight is 321 g/mol. The first-order valence-electron chi connectivity index (χ1n) is 7.08. The van der Waals surface area contributed by atoms with Gasteiger partial charge in [-0.3, -0.25) is 4.79 Å². The molecule has 0 aromatic heterocycles. The van der Waals surface area contributed by atoms with Crippen molar-refractivity contribution in [2.75, 3.05) is 6.54 Å². The predicted molar refractivity (Wildman–Crippen MR) is 82.5 cm³/mol. The smallest absolute Gasteiger partial charge is 0.302 e. The maximum atomic E-state index is 12.8.